The van der Waals surface area contributed by atoms with Gasteiger partial charge in [0.2, 0.25) is 0 Å². The second-order valence-corrected chi connectivity index (χ2v) is 9.03. The molecule has 2 aliphatic carbocycles. The van der Waals surface area contributed by atoms with Gasteiger partial charge in [0.1, 0.15) is 6.10 Å². The maximum Gasteiger partial charge on any atom is 0.166 e. The molecule has 1 aromatic carbocycles. The third-order valence-corrected chi connectivity index (χ3v) is 7.35. The van der Waals surface area contributed by atoms with E-state index in [0.29, 0.717) is 24.5 Å². The number of piperidine rings is 1. The van der Waals surface area contributed by atoms with Gasteiger partial charge in [-0.25, -0.2) is 0 Å². The molecule has 2 aliphatic heterocycles. The molecule has 1 saturated carbocycles. The van der Waals surface area contributed by atoms with E-state index in [1.54, 1.807) is 7.11 Å². The fourth-order valence-electron chi connectivity index (χ4n) is 6.44. The van der Waals surface area contributed by atoms with Crippen molar-refractivity contribution in [3.63, 3.8) is 0 Å². The molecular formula is C21H29NO4. The van der Waals surface area contributed by atoms with Crippen molar-refractivity contribution in [2.45, 2.75) is 68.8 Å². The van der Waals surface area contributed by atoms with Gasteiger partial charge in [-0.2, -0.15) is 0 Å². The first-order chi connectivity index (χ1) is 12.4. The van der Waals surface area contributed by atoms with Gasteiger partial charge in [-0.05, 0) is 49.8 Å². The van der Waals surface area contributed by atoms with Gasteiger partial charge in [0.05, 0.1) is 24.2 Å². The molecule has 2 fully saturated rings. The fourth-order valence-corrected chi connectivity index (χ4v) is 6.44. The van der Waals surface area contributed by atoms with E-state index in [2.05, 4.69) is 24.8 Å². The van der Waals surface area contributed by atoms with Crippen LogP contribution in [0.5, 0.6) is 11.5 Å². The summed E-state index contributed by atoms with van der Waals surface area (Å²) in [6.07, 6.45) is 1.95. The van der Waals surface area contributed by atoms with Gasteiger partial charge in [0, 0.05) is 18.2 Å². The Hall–Kier alpha value is -1.30. The lowest BCUT2D eigenvalue weighted by Crippen LogP contribution is -2.77. The summed E-state index contributed by atoms with van der Waals surface area (Å²) in [5.41, 5.74) is 0.999. The fraction of sp³-hybridized carbons (Fsp3) is 0.714. The van der Waals surface area contributed by atoms with Crippen LogP contribution >= 0.6 is 0 Å². The summed E-state index contributed by atoms with van der Waals surface area (Å²) < 4.78 is 11.9. The summed E-state index contributed by atoms with van der Waals surface area (Å²) in [5, 5.41) is 22.9. The maximum atomic E-state index is 12.1. The zero-order valence-electron chi connectivity index (χ0n) is 15.9. The van der Waals surface area contributed by atoms with Gasteiger partial charge in [0.15, 0.2) is 11.5 Å². The van der Waals surface area contributed by atoms with Gasteiger partial charge in [-0.1, -0.05) is 19.9 Å². The normalized spacial score (nSPS) is 40.3. The van der Waals surface area contributed by atoms with E-state index in [-0.39, 0.29) is 12.1 Å². The number of aliphatic hydroxyl groups is 2. The molecule has 1 spiro atoms. The van der Waals surface area contributed by atoms with Gasteiger partial charge < -0.3 is 19.7 Å². The number of methoxy groups -OCH3 is 1. The molecule has 5 nitrogen and oxygen atoms in total. The standard InChI is InChI=1S/C21H29NO4/c1-12(2)11-22-9-8-20-17-13-4-5-15(25-3)18(17)26-19(20)14(23)6-7-21(20,24)16(22)10-13/h4-5,12,14,16,19,23-24H,6-11H2,1-3H3/t14-,16-,19+,20+,21-/m1/s1. The summed E-state index contributed by atoms with van der Waals surface area (Å²) in [6, 6.07) is 4.20. The molecule has 142 valence electrons. The quantitative estimate of drug-likeness (QED) is 0.863. The number of rotatable bonds is 3. The Bertz CT molecular complexity index is 750. The molecule has 5 heteroatoms. The van der Waals surface area contributed by atoms with Crippen LogP contribution in [0.25, 0.3) is 0 Å². The van der Waals surface area contributed by atoms with Crippen molar-refractivity contribution in [2.75, 3.05) is 20.2 Å². The highest BCUT2D eigenvalue weighted by Gasteiger charge is 2.72. The molecule has 5 rings (SSSR count). The van der Waals surface area contributed by atoms with Crippen LogP contribution in [-0.2, 0) is 11.8 Å². The van der Waals surface area contributed by atoms with Crippen LogP contribution in [0.4, 0.5) is 0 Å². The molecule has 5 atom stereocenters. The van der Waals surface area contributed by atoms with Gasteiger partial charge in [-0.3, -0.25) is 4.90 Å². The Labute approximate surface area is 154 Å². The number of likely N-dealkylation sites (tertiary alicyclic amines) is 1. The van der Waals surface area contributed by atoms with E-state index in [4.69, 9.17) is 9.47 Å². The summed E-state index contributed by atoms with van der Waals surface area (Å²) in [6.45, 7) is 6.41. The van der Waals surface area contributed by atoms with Crippen LogP contribution in [0, 0.1) is 5.92 Å². The predicted molar refractivity (Wildman–Crippen MR) is 97.8 cm³/mol. The highest BCUT2D eigenvalue weighted by molar-refractivity contribution is 5.62. The van der Waals surface area contributed by atoms with Gasteiger partial charge in [0.25, 0.3) is 0 Å². The van der Waals surface area contributed by atoms with E-state index < -0.39 is 17.1 Å². The largest absolute Gasteiger partial charge is 0.493 e. The SMILES string of the molecule is COc1ccc2c3c1O[C@H]1[C@H](O)CC[C@@]4(O)[C@@H](C2)N(CC(C)C)CC[C@]314. The summed E-state index contributed by atoms with van der Waals surface area (Å²) in [4.78, 5) is 2.48. The van der Waals surface area contributed by atoms with Crippen molar-refractivity contribution in [2.24, 2.45) is 5.92 Å². The maximum absolute atomic E-state index is 12.1. The molecule has 0 amide bonds. The smallest absolute Gasteiger partial charge is 0.166 e. The topological polar surface area (TPSA) is 62.2 Å². The number of aliphatic hydroxyl groups excluding tert-OH is 1. The molecule has 0 unspecified atom stereocenters. The second-order valence-electron chi connectivity index (χ2n) is 9.03. The zero-order valence-corrected chi connectivity index (χ0v) is 15.9. The van der Waals surface area contributed by atoms with E-state index in [9.17, 15) is 10.2 Å². The first-order valence-electron chi connectivity index (χ1n) is 9.94. The van der Waals surface area contributed by atoms with Crippen molar-refractivity contribution in [3.8, 4) is 11.5 Å². The molecule has 2 bridgehead atoms. The average molecular weight is 359 g/mol. The van der Waals surface area contributed by atoms with Crippen LogP contribution < -0.4 is 9.47 Å². The summed E-state index contributed by atoms with van der Waals surface area (Å²) in [7, 11) is 1.65. The number of benzene rings is 1. The predicted octanol–water partition coefficient (Wildman–Crippen LogP) is 1.87. The van der Waals surface area contributed by atoms with Crippen LogP contribution in [-0.4, -0.2) is 59.2 Å². The molecule has 2 heterocycles. The minimum Gasteiger partial charge on any atom is -0.493 e. The Balaban J connectivity index is 1.73. The van der Waals surface area contributed by atoms with Crippen molar-refractivity contribution in [3.05, 3.63) is 23.3 Å². The number of ether oxygens (including phenoxy) is 2. The number of hydrogen-bond acceptors (Lipinski definition) is 5. The molecule has 26 heavy (non-hydrogen) atoms. The Morgan fingerprint density at radius 2 is 2.15 bits per heavy atom. The van der Waals surface area contributed by atoms with Crippen molar-refractivity contribution < 1.29 is 19.7 Å². The van der Waals surface area contributed by atoms with E-state index in [1.165, 1.54) is 5.56 Å². The highest BCUT2D eigenvalue weighted by Crippen LogP contribution is 2.65. The van der Waals surface area contributed by atoms with Gasteiger partial charge >= 0.3 is 0 Å². The first kappa shape index (κ1) is 16.8. The lowest BCUT2D eigenvalue weighted by atomic mass is 9.48. The molecule has 2 N–H and O–H groups in total. The third kappa shape index (κ3) is 1.82. The van der Waals surface area contributed by atoms with Crippen LogP contribution in [0.2, 0.25) is 0 Å². The third-order valence-electron chi connectivity index (χ3n) is 7.35. The molecule has 1 saturated heterocycles. The van der Waals surface area contributed by atoms with Crippen molar-refractivity contribution >= 4 is 0 Å². The molecule has 0 radical (unpaired) electrons. The minimum atomic E-state index is -0.853. The van der Waals surface area contributed by atoms with Crippen LogP contribution in [0.1, 0.15) is 44.2 Å². The lowest BCUT2D eigenvalue weighted by molar-refractivity contribution is -0.208. The zero-order chi connectivity index (χ0) is 18.3. The lowest BCUT2D eigenvalue weighted by Gasteiger charge is -2.63. The Kier molecular flexibility index (Phi) is 3.48. The summed E-state index contributed by atoms with van der Waals surface area (Å²) >= 11 is 0. The summed E-state index contributed by atoms with van der Waals surface area (Å²) in [5.74, 6) is 2.03. The van der Waals surface area contributed by atoms with Gasteiger partial charge in [-0.15, -0.1) is 0 Å². The molecule has 0 aromatic heterocycles. The Morgan fingerprint density at radius 3 is 2.88 bits per heavy atom. The van der Waals surface area contributed by atoms with Crippen molar-refractivity contribution in [1.29, 1.82) is 0 Å². The van der Waals surface area contributed by atoms with E-state index in [0.717, 1.165) is 37.2 Å². The van der Waals surface area contributed by atoms with E-state index in [1.807, 2.05) is 6.07 Å². The van der Waals surface area contributed by atoms with Crippen LogP contribution in [0.3, 0.4) is 0 Å². The monoisotopic (exact) mass is 359 g/mol. The van der Waals surface area contributed by atoms with Crippen molar-refractivity contribution in [1.82, 2.24) is 4.90 Å². The van der Waals surface area contributed by atoms with Crippen LogP contribution in [0.15, 0.2) is 12.1 Å². The Morgan fingerprint density at radius 1 is 1.35 bits per heavy atom. The highest BCUT2D eigenvalue weighted by atomic mass is 16.5. The number of hydrogen-bond donors (Lipinski definition) is 2. The molecule has 4 aliphatic rings. The molecular weight excluding hydrogens is 330 g/mol. The first-order valence-corrected chi connectivity index (χ1v) is 9.94. The molecule has 1 aromatic rings. The average Bonchev–Trinajstić information content (AvgIpc) is 2.95. The van der Waals surface area contributed by atoms with E-state index >= 15 is 0 Å². The number of nitrogens with zero attached hydrogens (tertiary/aromatic N) is 1. The minimum absolute atomic E-state index is 0.0871. The second kappa shape index (κ2) is 5.37.